The lowest BCUT2D eigenvalue weighted by molar-refractivity contribution is 1.15. The molecule has 2 nitrogen and oxygen atoms in total. The Morgan fingerprint density at radius 2 is 1.79 bits per heavy atom. The third-order valence-electron chi connectivity index (χ3n) is 3.06. The van der Waals surface area contributed by atoms with Gasteiger partial charge in [0.15, 0.2) is 0 Å². The second-order valence-corrected chi connectivity index (χ2v) is 5.18. The summed E-state index contributed by atoms with van der Waals surface area (Å²) in [7, 11) is 0. The van der Waals surface area contributed by atoms with Crippen LogP contribution in [0.3, 0.4) is 0 Å². The van der Waals surface area contributed by atoms with Gasteiger partial charge < -0.3 is 5.32 Å². The lowest BCUT2D eigenvalue weighted by Crippen LogP contribution is -2.01. The molecule has 0 saturated heterocycles. The average Bonchev–Trinajstić information content (AvgIpc) is 2.46. The lowest BCUT2D eigenvalue weighted by atomic mass is 10.1. The highest BCUT2D eigenvalue weighted by molar-refractivity contribution is 9.10. The van der Waals surface area contributed by atoms with Crippen LogP contribution >= 0.6 is 15.9 Å². The SMILES string of the molecule is Brc1ccccc1NCc1cccc2cccnc12. The van der Waals surface area contributed by atoms with Crippen molar-refractivity contribution in [2.45, 2.75) is 6.54 Å². The minimum absolute atomic E-state index is 0.761. The minimum atomic E-state index is 0.761. The van der Waals surface area contributed by atoms with E-state index in [2.05, 4.69) is 56.6 Å². The Morgan fingerprint density at radius 1 is 0.947 bits per heavy atom. The van der Waals surface area contributed by atoms with Gasteiger partial charge in [0.2, 0.25) is 0 Å². The summed E-state index contributed by atoms with van der Waals surface area (Å²) in [5.41, 5.74) is 3.36. The monoisotopic (exact) mass is 312 g/mol. The molecule has 0 aliphatic carbocycles. The molecule has 0 radical (unpaired) electrons. The summed E-state index contributed by atoms with van der Waals surface area (Å²) in [6.45, 7) is 0.761. The third kappa shape index (κ3) is 2.61. The molecule has 1 aromatic heterocycles. The number of para-hydroxylation sites is 2. The van der Waals surface area contributed by atoms with Crippen LogP contribution in [0.15, 0.2) is 65.3 Å². The third-order valence-corrected chi connectivity index (χ3v) is 3.75. The van der Waals surface area contributed by atoms with E-state index in [1.165, 1.54) is 10.9 Å². The van der Waals surface area contributed by atoms with Crippen molar-refractivity contribution < 1.29 is 0 Å². The first-order chi connectivity index (χ1) is 9.34. The second-order valence-electron chi connectivity index (χ2n) is 4.33. The topological polar surface area (TPSA) is 24.9 Å². The van der Waals surface area contributed by atoms with Gasteiger partial charge in [-0.1, -0.05) is 36.4 Å². The summed E-state index contributed by atoms with van der Waals surface area (Å²) in [6, 6.07) is 18.4. The second kappa shape index (κ2) is 5.41. The Bertz CT molecular complexity index is 704. The van der Waals surface area contributed by atoms with E-state index in [9.17, 15) is 0 Å². The van der Waals surface area contributed by atoms with Crippen LogP contribution in [0.4, 0.5) is 5.69 Å². The molecule has 0 bridgehead atoms. The number of anilines is 1. The Balaban J connectivity index is 1.88. The van der Waals surface area contributed by atoms with Gasteiger partial charge in [0.1, 0.15) is 0 Å². The Morgan fingerprint density at radius 3 is 2.68 bits per heavy atom. The van der Waals surface area contributed by atoms with E-state index >= 15 is 0 Å². The van der Waals surface area contributed by atoms with Crippen molar-refractivity contribution in [3.63, 3.8) is 0 Å². The van der Waals surface area contributed by atoms with Gasteiger partial charge in [-0.3, -0.25) is 4.98 Å². The van der Waals surface area contributed by atoms with E-state index in [0.717, 1.165) is 22.2 Å². The molecule has 94 valence electrons. The van der Waals surface area contributed by atoms with Crippen LogP contribution in [0.25, 0.3) is 10.9 Å². The summed E-state index contributed by atoms with van der Waals surface area (Å²) >= 11 is 3.54. The zero-order valence-electron chi connectivity index (χ0n) is 10.3. The van der Waals surface area contributed by atoms with Crippen molar-refractivity contribution >= 4 is 32.5 Å². The molecule has 0 saturated carbocycles. The summed E-state index contributed by atoms with van der Waals surface area (Å²) in [5, 5.41) is 4.61. The fourth-order valence-corrected chi connectivity index (χ4v) is 2.53. The number of aromatic nitrogens is 1. The number of nitrogens with zero attached hydrogens (tertiary/aromatic N) is 1. The quantitative estimate of drug-likeness (QED) is 0.764. The summed E-state index contributed by atoms with van der Waals surface area (Å²) < 4.78 is 1.07. The van der Waals surface area contributed by atoms with Gasteiger partial charge in [0.05, 0.1) is 5.52 Å². The van der Waals surface area contributed by atoms with Crippen LogP contribution in [-0.2, 0) is 6.54 Å². The maximum absolute atomic E-state index is 4.46. The predicted octanol–water partition coefficient (Wildman–Crippen LogP) is 4.61. The number of benzene rings is 2. The maximum Gasteiger partial charge on any atom is 0.0751 e. The van der Waals surface area contributed by atoms with Gasteiger partial charge in [0.25, 0.3) is 0 Å². The van der Waals surface area contributed by atoms with E-state index < -0.39 is 0 Å². The number of hydrogen-bond donors (Lipinski definition) is 1. The first-order valence-electron chi connectivity index (χ1n) is 6.15. The zero-order chi connectivity index (χ0) is 13.1. The van der Waals surface area contributed by atoms with Gasteiger partial charge in [0, 0.05) is 28.3 Å². The van der Waals surface area contributed by atoms with Gasteiger partial charge in [-0.15, -0.1) is 0 Å². The van der Waals surface area contributed by atoms with E-state index in [4.69, 9.17) is 0 Å². The number of hydrogen-bond acceptors (Lipinski definition) is 2. The largest absolute Gasteiger partial charge is 0.380 e. The number of fused-ring (bicyclic) bond motifs is 1. The van der Waals surface area contributed by atoms with Gasteiger partial charge in [-0.2, -0.15) is 0 Å². The minimum Gasteiger partial charge on any atom is -0.380 e. The fourth-order valence-electron chi connectivity index (χ4n) is 2.11. The van der Waals surface area contributed by atoms with Gasteiger partial charge >= 0.3 is 0 Å². The van der Waals surface area contributed by atoms with Crippen LogP contribution in [-0.4, -0.2) is 4.98 Å². The molecule has 0 amide bonds. The van der Waals surface area contributed by atoms with E-state index in [1.807, 2.05) is 30.5 Å². The normalized spacial score (nSPS) is 10.6. The molecule has 1 N–H and O–H groups in total. The molecule has 0 aliphatic heterocycles. The molecular weight excluding hydrogens is 300 g/mol. The van der Waals surface area contributed by atoms with Crippen molar-refractivity contribution in [1.82, 2.24) is 4.98 Å². The first-order valence-corrected chi connectivity index (χ1v) is 6.95. The van der Waals surface area contributed by atoms with E-state index in [1.54, 1.807) is 0 Å². The smallest absolute Gasteiger partial charge is 0.0751 e. The molecular formula is C16H13BrN2. The Hall–Kier alpha value is -1.87. The zero-order valence-corrected chi connectivity index (χ0v) is 11.9. The Kier molecular flexibility index (Phi) is 3.47. The van der Waals surface area contributed by atoms with Crippen molar-refractivity contribution in [2.24, 2.45) is 0 Å². The number of pyridine rings is 1. The van der Waals surface area contributed by atoms with Crippen molar-refractivity contribution in [2.75, 3.05) is 5.32 Å². The van der Waals surface area contributed by atoms with Crippen LogP contribution in [0, 0.1) is 0 Å². The molecule has 3 aromatic rings. The van der Waals surface area contributed by atoms with Crippen molar-refractivity contribution in [3.05, 3.63) is 70.8 Å². The highest BCUT2D eigenvalue weighted by Crippen LogP contribution is 2.23. The van der Waals surface area contributed by atoms with E-state index in [0.29, 0.717) is 0 Å². The maximum atomic E-state index is 4.46. The lowest BCUT2D eigenvalue weighted by Gasteiger charge is -2.10. The standard InChI is InChI=1S/C16H13BrN2/c17-14-8-1-2-9-15(14)19-11-13-6-3-5-12-7-4-10-18-16(12)13/h1-10,19H,11H2. The van der Waals surface area contributed by atoms with Crippen LogP contribution in [0.2, 0.25) is 0 Å². The fraction of sp³-hybridized carbons (Fsp3) is 0.0625. The number of nitrogens with one attached hydrogen (secondary N) is 1. The summed E-state index contributed by atoms with van der Waals surface area (Å²) in [4.78, 5) is 4.46. The molecule has 2 aromatic carbocycles. The number of halogens is 1. The number of rotatable bonds is 3. The van der Waals surface area contributed by atoms with Crippen LogP contribution in [0.5, 0.6) is 0 Å². The first kappa shape index (κ1) is 12.2. The predicted molar refractivity (Wildman–Crippen MR) is 83.2 cm³/mol. The molecule has 3 heteroatoms. The van der Waals surface area contributed by atoms with Gasteiger partial charge in [-0.25, -0.2) is 0 Å². The molecule has 19 heavy (non-hydrogen) atoms. The van der Waals surface area contributed by atoms with Crippen LogP contribution < -0.4 is 5.32 Å². The van der Waals surface area contributed by atoms with Crippen molar-refractivity contribution in [3.8, 4) is 0 Å². The molecule has 0 spiro atoms. The Labute approximate surface area is 120 Å². The van der Waals surface area contributed by atoms with Crippen LogP contribution in [0.1, 0.15) is 5.56 Å². The molecule has 0 fully saturated rings. The highest BCUT2D eigenvalue weighted by atomic mass is 79.9. The van der Waals surface area contributed by atoms with Crippen molar-refractivity contribution in [1.29, 1.82) is 0 Å². The molecule has 1 heterocycles. The molecule has 0 unspecified atom stereocenters. The summed E-state index contributed by atoms with van der Waals surface area (Å²) in [5.74, 6) is 0. The molecule has 0 aliphatic rings. The van der Waals surface area contributed by atoms with E-state index in [-0.39, 0.29) is 0 Å². The molecule has 0 atom stereocenters. The highest BCUT2D eigenvalue weighted by Gasteiger charge is 2.02. The summed E-state index contributed by atoms with van der Waals surface area (Å²) in [6.07, 6.45) is 1.84. The molecule has 3 rings (SSSR count). The average molecular weight is 313 g/mol. The van der Waals surface area contributed by atoms with Gasteiger partial charge in [-0.05, 0) is 39.7 Å².